The Morgan fingerprint density at radius 1 is 1.19 bits per heavy atom. The Hall–Kier alpha value is -2.96. The van der Waals surface area contributed by atoms with E-state index in [2.05, 4.69) is 16.7 Å². The fourth-order valence-electron chi connectivity index (χ4n) is 2.58. The molecule has 0 spiro atoms. The van der Waals surface area contributed by atoms with Crippen LogP contribution in [0.1, 0.15) is 5.56 Å². The second-order valence-electron chi connectivity index (χ2n) is 5.69. The molecule has 0 unspecified atom stereocenters. The monoisotopic (exact) mass is 395 g/mol. The lowest BCUT2D eigenvalue weighted by molar-refractivity contribution is 0.362. The van der Waals surface area contributed by atoms with E-state index in [9.17, 15) is 4.79 Å². The van der Waals surface area contributed by atoms with E-state index in [0.717, 1.165) is 11.1 Å². The molecule has 134 valence electrons. The van der Waals surface area contributed by atoms with Gasteiger partial charge in [-0.3, -0.25) is 4.79 Å². The molecule has 0 bridgehead atoms. The minimum atomic E-state index is -0.207. The quantitative estimate of drug-likeness (QED) is 0.485. The summed E-state index contributed by atoms with van der Waals surface area (Å²) in [6.45, 7) is 4.05. The zero-order chi connectivity index (χ0) is 18.8. The summed E-state index contributed by atoms with van der Waals surface area (Å²) in [5.41, 5.74) is 1.42. The van der Waals surface area contributed by atoms with Crippen LogP contribution >= 0.6 is 22.9 Å². The third kappa shape index (κ3) is 3.49. The summed E-state index contributed by atoms with van der Waals surface area (Å²) < 4.78 is 7.52. The average molecular weight is 396 g/mol. The molecule has 0 saturated carbocycles. The zero-order valence-electron chi connectivity index (χ0n) is 14.1. The van der Waals surface area contributed by atoms with E-state index in [4.69, 9.17) is 16.3 Å². The molecule has 0 N–H and O–H groups in total. The first kappa shape index (κ1) is 17.5. The van der Waals surface area contributed by atoms with Crippen LogP contribution in [0.4, 0.5) is 0 Å². The van der Waals surface area contributed by atoms with Crippen molar-refractivity contribution < 1.29 is 4.74 Å². The van der Waals surface area contributed by atoms with E-state index in [-0.39, 0.29) is 5.56 Å². The summed E-state index contributed by atoms with van der Waals surface area (Å²) in [5.74, 6) is 1.19. The van der Waals surface area contributed by atoms with Crippen molar-refractivity contribution in [3.05, 3.63) is 86.7 Å². The summed E-state index contributed by atoms with van der Waals surface area (Å²) in [5, 5.41) is 4.98. The largest absolute Gasteiger partial charge is 0.489 e. The number of rotatable bonds is 5. The van der Waals surface area contributed by atoms with Crippen LogP contribution in [0.2, 0.25) is 5.02 Å². The Morgan fingerprint density at radius 3 is 2.70 bits per heavy atom. The predicted molar refractivity (Wildman–Crippen MR) is 108 cm³/mol. The average Bonchev–Trinajstić information content (AvgIpc) is 3.21. The van der Waals surface area contributed by atoms with Crippen molar-refractivity contribution in [1.82, 2.24) is 14.6 Å². The Bertz CT molecular complexity index is 1230. The Balaban J connectivity index is 1.76. The Kier molecular flexibility index (Phi) is 4.75. The van der Waals surface area contributed by atoms with Crippen molar-refractivity contribution >= 4 is 34.0 Å². The number of fused-ring (bicyclic) bond motifs is 1. The van der Waals surface area contributed by atoms with Gasteiger partial charge >= 0.3 is 0 Å². The molecule has 27 heavy (non-hydrogen) atoms. The highest BCUT2D eigenvalue weighted by molar-refractivity contribution is 7.15. The number of aromatic nitrogens is 3. The topological polar surface area (TPSA) is 56.5 Å². The maximum Gasteiger partial charge on any atom is 0.291 e. The maximum atomic E-state index is 12.7. The van der Waals surface area contributed by atoms with Gasteiger partial charge in [0.25, 0.3) is 5.56 Å². The van der Waals surface area contributed by atoms with Crippen molar-refractivity contribution in [2.45, 2.75) is 0 Å². The number of ether oxygens (including phenoxy) is 1. The van der Waals surface area contributed by atoms with Crippen molar-refractivity contribution in [3.8, 4) is 17.1 Å². The van der Waals surface area contributed by atoms with Gasteiger partial charge in [0.1, 0.15) is 12.4 Å². The first-order valence-corrected chi connectivity index (χ1v) is 9.35. The second kappa shape index (κ2) is 7.34. The van der Waals surface area contributed by atoms with Gasteiger partial charge in [-0.1, -0.05) is 53.8 Å². The molecule has 0 saturated heterocycles. The lowest BCUT2D eigenvalue weighted by Crippen LogP contribution is -2.23. The SMILES string of the molecule is C=CCOc1ccccc1C=c1sc2nc(-c3ccc(Cl)cc3)nn2c1=O. The maximum absolute atomic E-state index is 12.7. The number of para-hydroxylation sites is 1. The van der Waals surface area contributed by atoms with Gasteiger partial charge in [0.15, 0.2) is 5.82 Å². The standard InChI is InChI=1S/C20H14ClN3O2S/c1-2-11-26-16-6-4-3-5-14(16)12-17-19(25)24-20(27-17)22-18(23-24)13-7-9-15(21)10-8-13/h2-10,12H,1,11H2. The van der Waals surface area contributed by atoms with Crippen LogP contribution in [-0.4, -0.2) is 21.2 Å². The third-order valence-electron chi connectivity index (χ3n) is 3.85. The summed E-state index contributed by atoms with van der Waals surface area (Å²) in [7, 11) is 0. The molecule has 0 fully saturated rings. The number of nitrogens with zero attached hydrogens (tertiary/aromatic N) is 3. The van der Waals surface area contributed by atoms with Crippen molar-refractivity contribution in [2.24, 2.45) is 0 Å². The molecule has 4 aromatic rings. The van der Waals surface area contributed by atoms with Crippen LogP contribution in [-0.2, 0) is 0 Å². The minimum absolute atomic E-state index is 0.207. The summed E-state index contributed by atoms with van der Waals surface area (Å²) in [6.07, 6.45) is 3.47. The third-order valence-corrected chi connectivity index (χ3v) is 5.06. The van der Waals surface area contributed by atoms with Crippen LogP contribution < -0.4 is 14.8 Å². The predicted octanol–water partition coefficient (Wildman–Crippen LogP) is 3.58. The molecule has 2 aromatic heterocycles. The molecule has 0 atom stereocenters. The summed E-state index contributed by atoms with van der Waals surface area (Å²) in [4.78, 5) is 17.7. The number of halogens is 1. The molecular weight excluding hydrogens is 382 g/mol. The van der Waals surface area contributed by atoms with Gasteiger partial charge in [-0.2, -0.15) is 9.50 Å². The summed E-state index contributed by atoms with van der Waals surface area (Å²) >= 11 is 7.20. The van der Waals surface area contributed by atoms with Crippen LogP contribution in [0.3, 0.4) is 0 Å². The molecule has 7 heteroatoms. The van der Waals surface area contributed by atoms with E-state index >= 15 is 0 Å². The summed E-state index contributed by atoms with van der Waals surface area (Å²) in [6, 6.07) is 14.7. The Labute approximate surface area is 163 Å². The zero-order valence-corrected chi connectivity index (χ0v) is 15.7. The smallest absolute Gasteiger partial charge is 0.291 e. The fraction of sp³-hybridized carbons (Fsp3) is 0.0500. The number of thiazole rings is 1. The molecule has 5 nitrogen and oxygen atoms in total. The van der Waals surface area contributed by atoms with Crippen LogP contribution in [0.25, 0.3) is 22.4 Å². The van der Waals surface area contributed by atoms with Crippen LogP contribution in [0, 0.1) is 0 Å². The molecule has 4 rings (SSSR count). The number of hydrogen-bond donors (Lipinski definition) is 0. The minimum Gasteiger partial charge on any atom is -0.489 e. The van der Waals surface area contributed by atoms with Crippen LogP contribution in [0.5, 0.6) is 5.75 Å². The van der Waals surface area contributed by atoms with Gasteiger partial charge in [0.05, 0.1) is 4.53 Å². The number of benzene rings is 2. The van der Waals surface area contributed by atoms with Gasteiger partial charge in [-0.25, -0.2) is 0 Å². The Morgan fingerprint density at radius 2 is 1.96 bits per heavy atom. The molecule has 0 aliphatic carbocycles. The molecular formula is C20H14ClN3O2S. The van der Waals surface area contributed by atoms with E-state index in [0.29, 0.717) is 32.7 Å². The molecule has 2 aromatic carbocycles. The van der Waals surface area contributed by atoms with Crippen molar-refractivity contribution in [3.63, 3.8) is 0 Å². The van der Waals surface area contributed by atoms with Gasteiger partial charge in [0.2, 0.25) is 4.96 Å². The van der Waals surface area contributed by atoms with Gasteiger partial charge in [-0.05, 0) is 36.4 Å². The molecule has 2 heterocycles. The van der Waals surface area contributed by atoms with E-state index < -0.39 is 0 Å². The lowest BCUT2D eigenvalue weighted by Gasteiger charge is -2.05. The molecule has 0 aliphatic rings. The first-order valence-electron chi connectivity index (χ1n) is 8.15. The number of hydrogen-bond acceptors (Lipinski definition) is 5. The lowest BCUT2D eigenvalue weighted by atomic mass is 10.2. The van der Waals surface area contributed by atoms with Crippen LogP contribution in [0.15, 0.2) is 66.0 Å². The fourth-order valence-corrected chi connectivity index (χ4v) is 3.60. The van der Waals surface area contributed by atoms with Gasteiger partial charge in [0, 0.05) is 16.1 Å². The van der Waals surface area contributed by atoms with Crippen molar-refractivity contribution in [2.75, 3.05) is 6.61 Å². The highest BCUT2D eigenvalue weighted by atomic mass is 35.5. The normalized spacial score (nSPS) is 11.8. The van der Waals surface area contributed by atoms with Gasteiger partial charge in [-0.15, -0.1) is 5.10 Å². The first-order chi connectivity index (χ1) is 13.2. The van der Waals surface area contributed by atoms with Crippen molar-refractivity contribution in [1.29, 1.82) is 0 Å². The highest BCUT2D eigenvalue weighted by Gasteiger charge is 2.12. The van der Waals surface area contributed by atoms with Gasteiger partial charge < -0.3 is 4.74 Å². The molecule has 0 aliphatic heterocycles. The molecule has 0 amide bonds. The molecule has 0 radical (unpaired) electrons. The van der Waals surface area contributed by atoms with E-state index in [1.807, 2.05) is 36.4 Å². The van der Waals surface area contributed by atoms with E-state index in [1.165, 1.54) is 15.9 Å². The highest BCUT2D eigenvalue weighted by Crippen LogP contribution is 2.20. The van der Waals surface area contributed by atoms with E-state index in [1.54, 1.807) is 24.3 Å². The second-order valence-corrected chi connectivity index (χ2v) is 7.14.